The van der Waals surface area contributed by atoms with Crippen LogP contribution in [0.25, 0.3) is 11.3 Å². The number of carbonyl (C=O) groups is 1. The molecule has 140 valence electrons. The molecular weight excluding hydrogens is 374 g/mol. The van der Waals surface area contributed by atoms with Crippen molar-refractivity contribution >= 4 is 23.4 Å². The summed E-state index contributed by atoms with van der Waals surface area (Å²) in [6.07, 6.45) is 4.43. The second-order valence-corrected chi connectivity index (χ2v) is 7.15. The first-order chi connectivity index (χ1) is 13.6. The van der Waals surface area contributed by atoms with Crippen LogP contribution in [0, 0.1) is 0 Å². The number of hydrogen-bond donors (Lipinski definition) is 0. The van der Waals surface area contributed by atoms with Gasteiger partial charge in [0.1, 0.15) is 0 Å². The summed E-state index contributed by atoms with van der Waals surface area (Å²) in [5.74, 6) is 0.0282. The lowest BCUT2D eigenvalue weighted by atomic mass is 10.0. The van der Waals surface area contributed by atoms with Gasteiger partial charge >= 0.3 is 0 Å². The molecule has 0 aliphatic carbocycles. The monoisotopic (exact) mass is 391 g/mol. The van der Waals surface area contributed by atoms with E-state index in [-0.39, 0.29) is 11.8 Å². The summed E-state index contributed by atoms with van der Waals surface area (Å²) in [5, 5.41) is 17.9. The smallest absolute Gasteiger partial charge is 0.294 e. The molecule has 1 aromatic carbocycles. The van der Waals surface area contributed by atoms with Crippen molar-refractivity contribution in [3.63, 3.8) is 0 Å². The van der Waals surface area contributed by atoms with Crippen molar-refractivity contribution in [1.82, 2.24) is 15.1 Å². The molecule has 0 saturated heterocycles. The van der Waals surface area contributed by atoms with Gasteiger partial charge in [-0.1, -0.05) is 34.7 Å². The minimum atomic E-state index is -0.630. The standard InChI is InChI=1S/C20H17N5O2S/c1-3-11-28-20-22-18(27)17-15-8-4-5-9-16(15)24(13(2)26)19(25(17)23-20)14-7-6-10-21-12-14/h3-10,12,19H,1,11H2,2H3. The number of fused-ring (bicyclic) bond motifs is 3. The van der Waals surface area contributed by atoms with E-state index in [9.17, 15) is 9.90 Å². The third-order valence-electron chi connectivity index (χ3n) is 4.37. The van der Waals surface area contributed by atoms with E-state index in [0.717, 1.165) is 5.56 Å². The molecule has 3 aromatic rings. The van der Waals surface area contributed by atoms with Gasteiger partial charge in [-0.05, 0) is 24.3 Å². The van der Waals surface area contributed by atoms with Gasteiger partial charge in [0.2, 0.25) is 5.91 Å². The first kappa shape index (κ1) is 18.1. The lowest BCUT2D eigenvalue weighted by molar-refractivity contribution is -0.764. The third-order valence-corrected chi connectivity index (χ3v) is 5.20. The SMILES string of the molecule is C=CCSc1nc([O-])c2[n+](n1)C(c1cccnc1)N(C(C)=O)c1ccccc1-2. The van der Waals surface area contributed by atoms with E-state index in [1.54, 1.807) is 40.2 Å². The number of amides is 1. The fourth-order valence-corrected chi connectivity index (χ4v) is 3.86. The van der Waals surface area contributed by atoms with Crippen LogP contribution >= 0.6 is 11.8 Å². The molecule has 4 rings (SSSR count). The van der Waals surface area contributed by atoms with E-state index in [0.29, 0.717) is 27.9 Å². The molecule has 28 heavy (non-hydrogen) atoms. The Balaban J connectivity index is 2.02. The highest BCUT2D eigenvalue weighted by molar-refractivity contribution is 7.99. The fourth-order valence-electron chi connectivity index (χ4n) is 3.30. The minimum absolute atomic E-state index is 0.161. The summed E-state index contributed by atoms with van der Waals surface area (Å²) in [4.78, 5) is 22.6. The topological polar surface area (TPSA) is 85.9 Å². The Labute approximate surface area is 166 Å². The number of carbonyl (C=O) groups excluding carboxylic acids is 1. The van der Waals surface area contributed by atoms with Crippen molar-refractivity contribution in [2.45, 2.75) is 18.2 Å². The van der Waals surface area contributed by atoms with Crippen molar-refractivity contribution in [3.05, 3.63) is 67.0 Å². The van der Waals surface area contributed by atoms with Crippen LogP contribution in [0.1, 0.15) is 18.7 Å². The highest BCUT2D eigenvalue weighted by Crippen LogP contribution is 2.40. The van der Waals surface area contributed by atoms with Crippen LogP contribution in [-0.4, -0.2) is 26.7 Å². The van der Waals surface area contributed by atoms with Gasteiger partial charge in [-0.2, -0.15) is 0 Å². The van der Waals surface area contributed by atoms with E-state index in [1.165, 1.54) is 18.7 Å². The van der Waals surface area contributed by atoms with E-state index in [4.69, 9.17) is 0 Å². The van der Waals surface area contributed by atoms with Gasteiger partial charge in [0, 0.05) is 30.2 Å². The first-order valence-corrected chi connectivity index (χ1v) is 9.64. The van der Waals surface area contributed by atoms with Crippen molar-refractivity contribution in [2.75, 3.05) is 10.7 Å². The quantitative estimate of drug-likeness (QED) is 0.385. The Hall–Kier alpha value is -3.26. The van der Waals surface area contributed by atoms with Gasteiger partial charge < -0.3 is 5.11 Å². The number of nitrogens with zero attached hydrogens (tertiary/aromatic N) is 5. The number of rotatable bonds is 4. The number of para-hydroxylation sites is 1. The van der Waals surface area contributed by atoms with E-state index in [1.807, 2.05) is 24.3 Å². The van der Waals surface area contributed by atoms with Gasteiger partial charge in [0.05, 0.1) is 22.7 Å². The van der Waals surface area contributed by atoms with Crippen LogP contribution < -0.4 is 14.7 Å². The normalized spacial score (nSPS) is 14.9. The molecule has 3 heterocycles. The molecule has 1 amide bonds. The highest BCUT2D eigenvalue weighted by atomic mass is 32.2. The Morgan fingerprint density at radius 2 is 2.18 bits per heavy atom. The molecule has 2 aromatic heterocycles. The predicted molar refractivity (Wildman–Crippen MR) is 104 cm³/mol. The molecule has 0 N–H and O–H groups in total. The molecule has 8 heteroatoms. The van der Waals surface area contributed by atoms with Crippen LogP contribution in [0.4, 0.5) is 5.69 Å². The molecule has 1 unspecified atom stereocenters. The molecule has 1 aliphatic rings. The van der Waals surface area contributed by atoms with Crippen molar-refractivity contribution in [1.29, 1.82) is 0 Å². The lowest BCUT2D eigenvalue weighted by Gasteiger charge is -2.32. The largest absolute Gasteiger partial charge is 0.854 e. The molecule has 1 aliphatic heterocycles. The second-order valence-electron chi connectivity index (χ2n) is 6.16. The number of hydrogen-bond acceptors (Lipinski definition) is 6. The Kier molecular flexibility index (Phi) is 4.79. The van der Waals surface area contributed by atoms with E-state index >= 15 is 0 Å². The summed E-state index contributed by atoms with van der Waals surface area (Å²) in [5.41, 5.74) is 2.38. The maximum absolute atomic E-state index is 12.9. The van der Waals surface area contributed by atoms with Crippen molar-refractivity contribution in [2.24, 2.45) is 0 Å². The molecule has 0 spiro atoms. The van der Waals surface area contributed by atoms with Gasteiger partial charge in [-0.15, -0.1) is 6.58 Å². The fraction of sp³-hybridized carbons (Fsp3) is 0.150. The molecule has 0 bridgehead atoms. The Morgan fingerprint density at radius 1 is 1.36 bits per heavy atom. The maximum atomic E-state index is 12.9. The molecule has 0 radical (unpaired) electrons. The predicted octanol–water partition coefficient (Wildman–Crippen LogP) is 2.09. The first-order valence-electron chi connectivity index (χ1n) is 8.65. The molecule has 7 nitrogen and oxygen atoms in total. The minimum Gasteiger partial charge on any atom is -0.854 e. The number of thioether (sulfide) groups is 1. The van der Waals surface area contributed by atoms with Gasteiger partial charge in [0.25, 0.3) is 17.0 Å². The Bertz CT molecular complexity index is 1060. The van der Waals surface area contributed by atoms with Gasteiger partial charge in [0.15, 0.2) is 0 Å². The maximum Gasteiger partial charge on any atom is 0.294 e. The van der Waals surface area contributed by atoms with Gasteiger partial charge in [-0.25, -0.2) is 9.88 Å². The van der Waals surface area contributed by atoms with Crippen LogP contribution in [0.15, 0.2) is 66.6 Å². The van der Waals surface area contributed by atoms with Crippen molar-refractivity contribution < 1.29 is 14.6 Å². The number of pyridine rings is 1. The zero-order valence-corrected chi connectivity index (χ0v) is 16.0. The number of benzene rings is 1. The second kappa shape index (κ2) is 7.40. The zero-order chi connectivity index (χ0) is 19.7. The van der Waals surface area contributed by atoms with Crippen LogP contribution in [0.3, 0.4) is 0 Å². The van der Waals surface area contributed by atoms with E-state index < -0.39 is 6.17 Å². The molecule has 1 atom stereocenters. The van der Waals surface area contributed by atoms with Crippen molar-refractivity contribution in [3.8, 4) is 17.1 Å². The summed E-state index contributed by atoms with van der Waals surface area (Å²) in [6.45, 7) is 5.19. The summed E-state index contributed by atoms with van der Waals surface area (Å²) >= 11 is 1.32. The summed E-state index contributed by atoms with van der Waals surface area (Å²) in [6, 6.07) is 10.9. The molecular formula is C20H17N5O2S. The van der Waals surface area contributed by atoms with Crippen LogP contribution in [-0.2, 0) is 4.79 Å². The van der Waals surface area contributed by atoms with Crippen LogP contribution in [0.5, 0.6) is 5.88 Å². The zero-order valence-electron chi connectivity index (χ0n) is 15.1. The number of anilines is 1. The average Bonchev–Trinajstić information content (AvgIpc) is 2.71. The average molecular weight is 391 g/mol. The Morgan fingerprint density at radius 3 is 2.89 bits per heavy atom. The third kappa shape index (κ3) is 3.01. The molecule has 0 saturated carbocycles. The van der Waals surface area contributed by atoms with Gasteiger partial charge in [-0.3, -0.25) is 9.78 Å². The lowest BCUT2D eigenvalue weighted by Crippen LogP contribution is -2.58. The van der Waals surface area contributed by atoms with E-state index in [2.05, 4.69) is 21.6 Å². The molecule has 0 fully saturated rings. The highest BCUT2D eigenvalue weighted by Gasteiger charge is 2.43. The summed E-state index contributed by atoms with van der Waals surface area (Å²) in [7, 11) is 0. The van der Waals surface area contributed by atoms with Crippen LogP contribution in [0.2, 0.25) is 0 Å². The number of aromatic nitrogens is 4. The summed E-state index contributed by atoms with van der Waals surface area (Å²) < 4.78 is 1.58.